The number of hydrogen-bond acceptors (Lipinski definition) is 33. The number of aliphatic hydroxyl groups excluding tert-OH is 9. The molecule has 22 atom stereocenters. The fourth-order valence-corrected chi connectivity index (χ4v) is 13.1. The van der Waals surface area contributed by atoms with Crippen LogP contribution in [0.5, 0.6) is 17.2 Å². The zero-order chi connectivity index (χ0) is 75.8. The Morgan fingerprint density at radius 3 is 1.84 bits per heavy atom. The standard InChI is InChI=1S/C66H85N5O33.Na/c1-5-32-51(83)54(86)57(89)64(100-32)103-61-36(102-65(59(91)56(61)88)104-60-35(23-97-25-42(78)79)101-63(95-4)58(90)55(60)87)22-96-24-41(77)68-18-38(74)67-19-39(75)71-31(14-27-10-7-6-8-11-27)62(92)69-20-40(76)70-30-15-43(98-26(2)48(30)80)99-34-17-66(93,37(73)21-72)16-29-45(34)53(85)47-46(50(29)82)49(81)28-12-9-13-33(94-3)44(28)52(47)84;/h6-13,26,30-32,34-36,43,48,51,54-61,63-65,72,80,82-83,85-91,93H,5,14-25H2,1-4H3,(H,67,74)(H,68,77)(H,69,92)(H,70,76)(H,71,75)(H,78,79);/q;+1/p-1/t26-,30-,31-,32-,34-,35+,36+,43-,48+,51-,54+,55+,56+,57-,58+,59+,60+,61+,63-,64-,65+,66-;/m0./s1. The number of methoxy groups -OCH3 is 2. The molecule has 4 fully saturated rings. The number of ether oxygens (including phenoxy) is 11. The Morgan fingerprint density at radius 2 is 1.22 bits per heavy atom. The number of hydrogen-bond donors (Lipinski definition) is 17. The number of aliphatic carboxylic acids is 1. The second kappa shape index (κ2) is 36.8. The molecule has 9 rings (SSSR count). The number of fused-ring (bicyclic) bond motifs is 3. The first-order valence-electron chi connectivity index (χ1n) is 33.0. The Balaban J connectivity index is 0.0000139. The van der Waals surface area contributed by atoms with Crippen molar-refractivity contribution in [2.24, 2.45) is 0 Å². The average molecular weight is 1500 g/mol. The predicted octanol–water partition coefficient (Wildman–Crippen LogP) is -11.5. The van der Waals surface area contributed by atoms with Crippen molar-refractivity contribution < 1.29 is 191 Å². The van der Waals surface area contributed by atoms with Gasteiger partial charge in [0.15, 0.2) is 36.7 Å². The minimum absolute atomic E-state index is 0. The maximum Gasteiger partial charge on any atom is 1.00 e. The maximum atomic E-state index is 14.2. The van der Waals surface area contributed by atoms with Gasteiger partial charge in [0.2, 0.25) is 35.3 Å². The van der Waals surface area contributed by atoms with Gasteiger partial charge in [0.25, 0.3) is 0 Å². The van der Waals surface area contributed by atoms with Gasteiger partial charge in [-0.25, -0.2) is 0 Å². The average Bonchev–Trinajstić information content (AvgIpc) is 0.710. The number of nitrogens with one attached hydrogen (secondary N) is 5. The SMILES string of the molecule is CC[C@@H]1O[C@@H](O[C@H]2[C@H](O)[C@@H](O)[C@@H](O[C@H]3[C@H](O)[C@@H](O)[C@@H](OC)O[C@@H]3COCC(=O)[O-])O[C@@H]2COCC(=O)NCC(=O)NCC(=O)N[C@@H](Cc2ccccc2)C(=O)NCC(=O)N[C@H]2C[C@H](O[C@H]3C[C@](O)(C(=O)CO)Cc4c(O)c5c(c(O)c43)C(=O)c3c(OC)cccc3C5=O)O[C@@H](C)[C@H]2O)[C@@H](O)[C@H](O)[C@H]1O.[Na+]. The van der Waals surface area contributed by atoms with Crippen LogP contribution >= 0.6 is 0 Å². The van der Waals surface area contributed by atoms with Gasteiger partial charge < -0.3 is 150 Å². The number of carboxylic acid groups (broad SMARTS) is 1. The quantitative estimate of drug-likeness (QED) is 0.0170. The normalized spacial score (nSPS) is 31.6. The molecule has 0 radical (unpaired) electrons. The van der Waals surface area contributed by atoms with Crippen LogP contribution in [0.25, 0.3) is 0 Å². The van der Waals surface area contributed by atoms with E-state index in [0.29, 0.717) is 5.56 Å². The molecule has 3 aromatic rings. The molecule has 0 spiro atoms. The van der Waals surface area contributed by atoms with Gasteiger partial charge in [-0.05, 0) is 25.0 Å². The van der Waals surface area contributed by atoms with Crippen molar-refractivity contribution in [3.8, 4) is 17.2 Å². The Labute approximate surface area is 619 Å². The van der Waals surface area contributed by atoms with E-state index in [2.05, 4.69) is 26.6 Å². The first-order valence-corrected chi connectivity index (χ1v) is 33.0. The summed E-state index contributed by atoms with van der Waals surface area (Å²) < 4.78 is 62.1. The first-order chi connectivity index (χ1) is 49.4. The second-order valence-electron chi connectivity index (χ2n) is 25.6. The van der Waals surface area contributed by atoms with Gasteiger partial charge in [-0.1, -0.05) is 49.4 Å². The summed E-state index contributed by atoms with van der Waals surface area (Å²) in [5.41, 5.74) is -4.27. The van der Waals surface area contributed by atoms with Crippen LogP contribution in [-0.4, -0.2) is 309 Å². The van der Waals surface area contributed by atoms with E-state index in [9.17, 15) is 110 Å². The summed E-state index contributed by atoms with van der Waals surface area (Å²) in [5, 5.41) is 156. The number of ketones is 3. The van der Waals surface area contributed by atoms with Gasteiger partial charge in [-0.15, -0.1) is 0 Å². The zero-order valence-corrected chi connectivity index (χ0v) is 59.4. The Hall–Kier alpha value is -6.91. The second-order valence-corrected chi connectivity index (χ2v) is 25.6. The van der Waals surface area contributed by atoms with Crippen molar-refractivity contribution in [2.75, 3.05) is 66.9 Å². The van der Waals surface area contributed by atoms with Crippen LogP contribution in [-0.2, 0) is 93.8 Å². The van der Waals surface area contributed by atoms with Crippen LogP contribution in [0.2, 0.25) is 0 Å². The summed E-state index contributed by atoms with van der Waals surface area (Å²) in [4.78, 5) is 119. The monoisotopic (exact) mass is 1500 g/mol. The van der Waals surface area contributed by atoms with Gasteiger partial charge in [0.05, 0.1) is 93.6 Å². The van der Waals surface area contributed by atoms with Crippen LogP contribution in [0.1, 0.15) is 87.7 Å². The molecule has 2 aliphatic carbocycles. The molecular formula is C66H84N5NaO33. The molecule has 4 aliphatic heterocycles. The molecule has 0 aromatic heterocycles. The fourth-order valence-electron chi connectivity index (χ4n) is 13.1. The third-order valence-electron chi connectivity index (χ3n) is 18.5. The number of rotatable bonds is 30. The topological polar surface area (TPSA) is 581 Å². The van der Waals surface area contributed by atoms with Crippen molar-refractivity contribution in [2.45, 2.75) is 180 Å². The number of benzene rings is 3. The summed E-state index contributed by atoms with van der Waals surface area (Å²) in [7, 11) is 2.38. The predicted molar refractivity (Wildman–Crippen MR) is 339 cm³/mol. The number of carbonyl (C=O) groups is 9. The third kappa shape index (κ3) is 19.2. The molecule has 3 aromatic carbocycles. The van der Waals surface area contributed by atoms with Crippen LogP contribution in [0.4, 0.5) is 0 Å². The van der Waals surface area contributed by atoms with Crippen LogP contribution in [0.3, 0.4) is 0 Å². The van der Waals surface area contributed by atoms with Gasteiger partial charge in [0, 0.05) is 49.5 Å². The van der Waals surface area contributed by atoms with Crippen molar-refractivity contribution >= 4 is 52.9 Å². The number of aromatic hydroxyl groups is 2. The van der Waals surface area contributed by atoms with Crippen molar-refractivity contribution in [1.82, 2.24) is 26.6 Å². The molecule has 0 saturated carbocycles. The minimum atomic E-state index is -2.49. The third-order valence-corrected chi connectivity index (χ3v) is 18.5. The summed E-state index contributed by atoms with van der Waals surface area (Å²) in [6.07, 6.45) is -33.8. The number of phenolic OH excluding ortho intramolecular Hbond substituents is 2. The molecule has 4 saturated heterocycles. The van der Waals surface area contributed by atoms with Gasteiger partial charge in [0.1, 0.15) is 115 Å². The summed E-state index contributed by atoms with van der Waals surface area (Å²) in [5.74, 6) is -10.9. The number of carboxylic acids is 1. The molecule has 5 amide bonds. The molecule has 0 bridgehead atoms. The van der Waals surface area contributed by atoms with E-state index in [1.165, 1.54) is 32.2 Å². The Kier molecular flexibility index (Phi) is 29.3. The first kappa shape index (κ1) is 83.7. The Bertz CT molecular complexity index is 3620. The van der Waals surface area contributed by atoms with E-state index in [4.69, 9.17) is 52.1 Å². The summed E-state index contributed by atoms with van der Waals surface area (Å²) in [6, 6.07) is 9.79. The van der Waals surface area contributed by atoms with E-state index < -0.39 is 275 Å². The number of aliphatic hydroxyl groups is 10. The van der Waals surface area contributed by atoms with Gasteiger partial charge >= 0.3 is 29.6 Å². The van der Waals surface area contributed by atoms with E-state index in [-0.39, 0.29) is 76.8 Å². The van der Waals surface area contributed by atoms with E-state index in [0.717, 1.165) is 7.11 Å². The molecule has 572 valence electrons. The smallest absolute Gasteiger partial charge is 0.548 e. The molecule has 17 N–H and O–H groups in total. The van der Waals surface area contributed by atoms with E-state index in [1.54, 1.807) is 37.3 Å². The maximum absolute atomic E-state index is 14.2. The van der Waals surface area contributed by atoms with Crippen molar-refractivity contribution in [3.05, 3.63) is 87.5 Å². The van der Waals surface area contributed by atoms with E-state index >= 15 is 0 Å². The summed E-state index contributed by atoms with van der Waals surface area (Å²) in [6.45, 7) is -3.67. The van der Waals surface area contributed by atoms with Crippen LogP contribution < -0.4 is 66.0 Å². The number of Topliss-reactive ketones (excluding diaryl/α,β-unsaturated/α-hetero) is 1. The molecule has 38 nitrogen and oxygen atoms in total. The number of phenols is 2. The molecule has 0 unspecified atom stereocenters. The van der Waals surface area contributed by atoms with Crippen molar-refractivity contribution in [1.29, 1.82) is 0 Å². The molecule has 4 heterocycles. The van der Waals surface area contributed by atoms with Crippen molar-refractivity contribution in [3.63, 3.8) is 0 Å². The molecule has 105 heavy (non-hydrogen) atoms. The largest absolute Gasteiger partial charge is 1.00 e. The minimum Gasteiger partial charge on any atom is -0.548 e. The van der Waals surface area contributed by atoms with Gasteiger partial charge in [-0.2, -0.15) is 0 Å². The van der Waals surface area contributed by atoms with Gasteiger partial charge in [-0.3, -0.25) is 38.4 Å². The zero-order valence-electron chi connectivity index (χ0n) is 57.4. The van der Waals surface area contributed by atoms with Crippen LogP contribution in [0, 0.1) is 0 Å². The molecule has 39 heteroatoms. The summed E-state index contributed by atoms with van der Waals surface area (Å²) >= 11 is 0. The molecule has 6 aliphatic rings. The fraction of sp³-hybridized carbons (Fsp3) is 0.591. The van der Waals surface area contributed by atoms with Crippen LogP contribution in [0.15, 0.2) is 48.5 Å². The Morgan fingerprint density at radius 1 is 0.638 bits per heavy atom. The number of carbonyl (C=O) groups excluding carboxylic acids is 9. The van der Waals surface area contributed by atoms with E-state index in [1.807, 2.05) is 0 Å². The molecular weight excluding hydrogens is 1410 g/mol. The number of amides is 5.